The molecular formula is C12H23N5O2. The molecule has 0 amide bonds. The van der Waals surface area contributed by atoms with Crippen LogP contribution in [0.2, 0.25) is 0 Å². The summed E-state index contributed by atoms with van der Waals surface area (Å²) in [4.78, 5) is 12.7. The largest absolute Gasteiger partial charge is 0.461 e. The van der Waals surface area contributed by atoms with Gasteiger partial charge in [0.15, 0.2) is 0 Å². The molecule has 0 aliphatic rings. The highest BCUT2D eigenvalue weighted by molar-refractivity contribution is 5.35. The van der Waals surface area contributed by atoms with Crippen LogP contribution >= 0.6 is 0 Å². The highest BCUT2D eigenvalue weighted by Crippen LogP contribution is 2.12. The minimum atomic E-state index is 0.0261. The molecule has 0 fully saturated rings. The van der Waals surface area contributed by atoms with E-state index in [0.29, 0.717) is 24.5 Å². The molecule has 108 valence electrons. The van der Waals surface area contributed by atoms with Crippen molar-refractivity contribution in [1.82, 2.24) is 15.0 Å². The van der Waals surface area contributed by atoms with E-state index < -0.39 is 0 Å². The first-order valence-corrected chi connectivity index (χ1v) is 6.55. The van der Waals surface area contributed by atoms with Gasteiger partial charge >= 0.3 is 6.01 Å². The second-order valence-corrected chi connectivity index (χ2v) is 4.24. The molecule has 0 radical (unpaired) electrons. The maximum atomic E-state index is 5.50. The zero-order valence-corrected chi connectivity index (χ0v) is 12.1. The number of ether oxygens (including phenoxy) is 2. The molecule has 1 aromatic rings. The van der Waals surface area contributed by atoms with Crippen molar-refractivity contribution in [2.24, 2.45) is 0 Å². The van der Waals surface area contributed by atoms with Gasteiger partial charge in [0.25, 0.3) is 0 Å². The number of nitrogens with zero attached hydrogens (tertiary/aromatic N) is 3. The molecular weight excluding hydrogens is 246 g/mol. The number of anilines is 2. The normalized spacial score (nSPS) is 10.6. The lowest BCUT2D eigenvalue weighted by molar-refractivity contribution is 0.197. The Balaban J connectivity index is 2.68. The Morgan fingerprint density at radius 2 is 1.79 bits per heavy atom. The van der Waals surface area contributed by atoms with Gasteiger partial charge in [-0.05, 0) is 27.2 Å². The van der Waals surface area contributed by atoms with Gasteiger partial charge in [-0.15, -0.1) is 0 Å². The molecule has 1 heterocycles. The molecule has 1 aromatic heterocycles. The Morgan fingerprint density at radius 3 is 2.37 bits per heavy atom. The summed E-state index contributed by atoms with van der Waals surface area (Å²) in [6.45, 7) is 8.04. The van der Waals surface area contributed by atoms with E-state index in [-0.39, 0.29) is 6.10 Å². The van der Waals surface area contributed by atoms with Gasteiger partial charge in [0.2, 0.25) is 11.9 Å². The van der Waals surface area contributed by atoms with Crippen LogP contribution in [-0.2, 0) is 4.74 Å². The molecule has 7 heteroatoms. The van der Waals surface area contributed by atoms with Crippen molar-refractivity contribution < 1.29 is 9.47 Å². The average molecular weight is 269 g/mol. The third-order valence-corrected chi connectivity index (χ3v) is 2.10. The molecule has 0 unspecified atom stereocenters. The van der Waals surface area contributed by atoms with Gasteiger partial charge in [0.1, 0.15) is 0 Å². The van der Waals surface area contributed by atoms with Gasteiger partial charge in [0.05, 0.1) is 6.10 Å². The average Bonchev–Trinajstić information content (AvgIpc) is 2.34. The van der Waals surface area contributed by atoms with Gasteiger partial charge in [-0.2, -0.15) is 15.0 Å². The molecule has 2 N–H and O–H groups in total. The fraction of sp³-hybridized carbons (Fsp3) is 0.750. The van der Waals surface area contributed by atoms with Crippen LogP contribution < -0.4 is 15.4 Å². The molecule has 0 bridgehead atoms. The minimum absolute atomic E-state index is 0.0261. The van der Waals surface area contributed by atoms with E-state index in [1.54, 1.807) is 7.11 Å². The Hall–Kier alpha value is -1.63. The van der Waals surface area contributed by atoms with E-state index >= 15 is 0 Å². The first-order valence-electron chi connectivity index (χ1n) is 6.55. The maximum Gasteiger partial charge on any atom is 0.323 e. The van der Waals surface area contributed by atoms with E-state index in [4.69, 9.17) is 9.47 Å². The van der Waals surface area contributed by atoms with Crippen LogP contribution in [0.1, 0.15) is 27.2 Å². The number of nitrogens with one attached hydrogen (secondary N) is 2. The van der Waals surface area contributed by atoms with E-state index in [1.165, 1.54) is 0 Å². The fourth-order valence-corrected chi connectivity index (χ4v) is 1.35. The van der Waals surface area contributed by atoms with Crippen molar-refractivity contribution in [2.75, 3.05) is 37.4 Å². The predicted octanol–water partition coefficient (Wildman–Crippen LogP) is 1.54. The number of aromatic nitrogens is 3. The third kappa shape index (κ3) is 6.19. The van der Waals surface area contributed by atoms with E-state index in [9.17, 15) is 0 Å². The standard InChI is InChI=1S/C12H23N5O2/c1-5-13-10-15-11(14-7-6-8-18-4)17-12(16-10)19-9(2)3/h9H,5-8H2,1-4H3,(H2,13,14,15,16,17). The van der Waals surface area contributed by atoms with Crippen LogP contribution in [0, 0.1) is 0 Å². The number of hydrogen-bond acceptors (Lipinski definition) is 7. The Labute approximate surface area is 114 Å². The smallest absolute Gasteiger partial charge is 0.323 e. The van der Waals surface area contributed by atoms with Crippen molar-refractivity contribution >= 4 is 11.9 Å². The van der Waals surface area contributed by atoms with Gasteiger partial charge in [-0.25, -0.2) is 0 Å². The van der Waals surface area contributed by atoms with Crippen LogP contribution in [0.15, 0.2) is 0 Å². The summed E-state index contributed by atoms with van der Waals surface area (Å²) in [6, 6.07) is 0.329. The van der Waals surface area contributed by atoms with E-state index in [1.807, 2.05) is 20.8 Å². The summed E-state index contributed by atoms with van der Waals surface area (Å²) in [5.41, 5.74) is 0. The predicted molar refractivity (Wildman–Crippen MR) is 74.7 cm³/mol. The molecule has 0 aliphatic heterocycles. The highest BCUT2D eigenvalue weighted by Gasteiger charge is 2.08. The second kappa shape index (κ2) is 8.47. The molecule has 1 rings (SSSR count). The number of methoxy groups -OCH3 is 1. The number of hydrogen-bond donors (Lipinski definition) is 2. The third-order valence-electron chi connectivity index (χ3n) is 2.10. The molecule has 0 aliphatic carbocycles. The van der Waals surface area contributed by atoms with Crippen molar-refractivity contribution in [3.8, 4) is 6.01 Å². The first kappa shape index (κ1) is 15.4. The molecule has 0 atom stereocenters. The number of rotatable bonds is 9. The summed E-state index contributed by atoms with van der Waals surface area (Å²) in [5.74, 6) is 1.03. The fourth-order valence-electron chi connectivity index (χ4n) is 1.35. The minimum Gasteiger partial charge on any atom is -0.461 e. The first-order chi connectivity index (χ1) is 9.15. The SMILES string of the molecule is CCNc1nc(NCCCOC)nc(OC(C)C)n1. The van der Waals surface area contributed by atoms with E-state index in [0.717, 1.165) is 19.5 Å². The molecule has 7 nitrogen and oxygen atoms in total. The van der Waals surface area contributed by atoms with Crippen LogP contribution in [-0.4, -0.2) is 47.9 Å². The topological polar surface area (TPSA) is 81.2 Å². The van der Waals surface area contributed by atoms with Crippen molar-refractivity contribution in [2.45, 2.75) is 33.3 Å². The van der Waals surface area contributed by atoms with Crippen molar-refractivity contribution in [3.05, 3.63) is 0 Å². The molecule has 0 saturated carbocycles. The zero-order valence-electron chi connectivity index (χ0n) is 12.1. The summed E-state index contributed by atoms with van der Waals surface area (Å²) in [6.07, 6.45) is 0.914. The van der Waals surface area contributed by atoms with Gasteiger partial charge in [-0.3, -0.25) is 0 Å². The van der Waals surface area contributed by atoms with Crippen LogP contribution in [0.5, 0.6) is 6.01 Å². The Kier molecular flexibility index (Phi) is 6.88. The zero-order chi connectivity index (χ0) is 14.1. The molecule has 0 spiro atoms. The molecule has 0 aromatic carbocycles. The molecule has 19 heavy (non-hydrogen) atoms. The van der Waals surface area contributed by atoms with Crippen LogP contribution in [0.4, 0.5) is 11.9 Å². The maximum absolute atomic E-state index is 5.50. The summed E-state index contributed by atoms with van der Waals surface area (Å²) in [7, 11) is 1.68. The lowest BCUT2D eigenvalue weighted by atomic mass is 10.4. The van der Waals surface area contributed by atoms with Gasteiger partial charge in [-0.1, -0.05) is 0 Å². The second-order valence-electron chi connectivity index (χ2n) is 4.24. The van der Waals surface area contributed by atoms with Gasteiger partial charge in [0, 0.05) is 26.8 Å². The van der Waals surface area contributed by atoms with Crippen molar-refractivity contribution in [3.63, 3.8) is 0 Å². The van der Waals surface area contributed by atoms with Gasteiger partial charge < -0.3 is 20.1 Å². The quantitative estimate of drug-likeness (QED) is 0.658. The summed E-state index contributed by atoms with van der Waals surface area (Å²) in [5, 5.41) is 6.19. The molecule has 0 saturated heterocycles. The Morgan fingerprint density at radius 1 is 1.11 bits per heavy atom. The van der Waals surface area contributed by atoms with E-state index in [2.05, 4.69) is 25.6 Å². The van der Waals surface area contributed by atoms with Crippen molar-refractivity contribution in [1.29, 1.82) is 0 Å². The lowest BCUT2D eigenvalue weighted by Crippen LogP contribution is -2.14. The van der Waals surface area contributed by atoms with Crippen LogP contribution in [0.25, 0.3) is 0 Å². The lowest BCUT2D eigenvalue weighted by Gasteiger charge is -2.11. The Bertz CT molecular complexity index is 373. The monoisotopic (exact) mass is 269 g/mol. The summed E-state index contributed by atoms with van der Waals surface area (Å²) >= 11 is 0. The summed E-state index contributed by atoms with van der Waals surface area (Å²) < 4.78 is 10.5. The van der Waals surface area contributed by atoms with Crippen LogP contribution in [0.3, 0.4) is 0 Å². The highest BCUT2D eigenvalue weighted by atomic mass is 16.5.